The normalized spacial score (nSPS) is 10.4. The number of aromatic nitrogens is 3. The summed E-state index contributed by atoms with van der Waals surface area (Å²) in [7, 11) is 0. The van der Waals surface area contributed by atoms with E-state index in [0.717, 1.165) is 36.1 Å². The number of hydrogen-bond donors (Lipinski definition) is 0. The summed E-state index contributed by atoms with van der Waals surface area (Å²) < 4.78 is 2.16. The number of rotatable bonds is 7. The van der Waals surface area contributed by atoms with Crippen LogP contribution in [0.5, 0.6) is 0 Å². The lowest BCUT2D eigenvalue weighted by Crippen LogP contribution is -2.04. The van der Waals surface area contributed by atoms with E-state index >= 15 is 0 Å². The van der Waals surface area contributed by atoms with Crippen LogP contribution in [-0.2, 0) is 13.0 Å². The molecule has 0 atom stereocenters. The Morgan fingerprint density at radius 2 is 2.05 bits per heavy atom. The summed E-state index contributed by atoms with van der Waals surface area (Å²) in [5.74, 6) is 1.92. The van der Waals surface area contributed by atoms with Crippen molar-refractivity contribution in [3.63, 3.8) is 0 Å². The Morgan fingerprint density at radius 1 is 1.25 bits per heavy atom. The fourth-order valence-electron chi connectivity index (χ4n) is 1.97. The Morgan fingerprint density at radius 3 is 2.75 bits per heavy atom. The molecule has 0 aliphatic rings. The first-order valence-corrected chi connectivity index (χ1v) is 7.79. The summed E-state index contributed by atoms with van der Waals surface area (Å²) in [6.07, 6.45) is 2.30. The van der Waals surface area contributed by atoms with E-state index in [9.17, 15) is 0 Å². The minimum Gasteiger partial charge on any atom is -0.306 e. The molecule has 0 aliphatic carbocycles. The molecule has 0 spiro atoms. The van der Waals surface area contributed by atoms with E-state index in [0.29, 0.717) is 6.42 Å². The van der Waals surface area contributed by atoms with Gasteiger partial charge in [0.25, 0.3) is 0 Å². The van der Waals surface area contributed by atoms with Crippen LogP contribution >= 0.6 is 11.8 Å². The van der Waals surface area contributed by atoms with Crippen molar-refractivity contribution < 1.29 is 0 Å². The van der Waals surface area contributed by atoms with Crippen molar-refractivity contribution in [2.45, 2.75) is 37.9 Å². The van der Waals surface area contributed by atoms with Crippen LogP contribution in [0.25, 0.3) is 0 Å². The monoisotopic (exact) mass is 286 g/mol. The first-order valence-electron chi connectivity index (χ1n) is 6.81. The number of benzene rings is 1. The Kier molecular flexibility index (Phi) is 5.63. The van der Waals surface area contributed by atoms with E-state index in [4.69, 9.17) is 5.26 Å². The molecule has 0 N–H and O–H groups in total. The van der Waals surface area contributed by atoms with Crippen LogP contribution in [0.1, 0.15) is 31.2 Å². The fraction of sp³-hybridized carbons (Fsp3) is 0.400. The van der Waals surface area contributed by atoms with Gasteiger partial charge >= 0.3 is 0 Å². The molecule has 2 rings (SSSR count). The predicted octanol–water partition coefficient (Wildman–Crippen LogP) is 3.28. The van der Waals surface area contributed by atoms with Gasteiger partial charge in [-0.1, -0.05) is 42.1 Å². The molecule has 20 heavy (non-hydrogen) atoms. The van der Waals surface area contributed by atoms with Crippen molar-refractivity contribution >= 4 is 11.8 Å². The third-order valence-electron chi connectivity index (χ3n) is 2.98. The molecular weight excluding hydrogens is 268 g/mol. The zero-order chi connectivity index (χ0) is 14.2. The van der Waals surface area contributed by atoms with E-state index in [1.165, 1.54) is 5.56 Å². The first kappa shape index (κ1) is 14.6. The predicted molar refractivity (Wildman–Crippen MR) is 80.5 cm³/mol. The Bertz CT molecular complexity index is 571. The lowest BCUT2D eigenvalue weighted by molar-refractivity contribution is 0.651. The molecule has 0 amide bonds. The van der Waals surface area contributed by atoms with Crippen LogP contribution in [0.2, 0.25) is 0 Å². The number of nitrogens with zero attached hydrogens (tertiary/aromatic N) is 4. The average Bonchev–Trinajstić information content (AvgIpc) is 2.86. The Labute approximate surface area is 123 Å². The van der Waals surface area contributed by atoms with Crippen molar-refractivity contribution in [3.05, 3.63) is 41.7 Å². The molecule has 5 heteroatoms. The molecule has 104 valence electrons. The van der Waals surface area contributed by atoms with Crippen molar-refractivity contribution in [2.24, 2.45) is 0 Å². The smallest absolute Gasteiger partial charge is 0.191 e. The molecule has 1 aromatic heterocycles. The van der Waals surface area contributed by atoms with Crippen LogP contribution in [0, 0.1) is 11.3 Å². The van der Waals surface area contributed by atoms with Gasteiger partial charge in [-0.2, -0.15) is 5.26 Å². The van der Waals surface area contributed by atoms with Crippen molar-refractivity contribution in [3.8, 4) is 6.07 Å². The van der Waals surface area contributed by atoms with Gasteiger partial charge in [0.15, 0.2) is 5.16 Å². The van der Waals surface area contributed by atoms with E-state index in [2.05, 4.69) is 39.9 Å². The lowest BCUT2D eigenvalue weighted by Gasteiger charge is -2.07. The van der Waals surface area contributed by atoms with Crippen molar-refractivity contribution in [1.29, 1.82) is 5.26 Å². The van der Waals surface area contributed by atoms with Crippen LogP contribution in [0.15, 0.2) is 35.5 Å². The molecule has 0 radical (unpaired) electrons. The zero-order valence-corrected chi connectivity index (χ0v) is 12.4. The molecule has 0 aliphatic heterocycles. The van der Waals surface area contributed by atoms with Crippen LogP contribution in [-0.4, -0.2) is 20.5 Å². The number of nitriles is 1. The number of hydrogen-bond acceptors (Lipinski definition) is 4. The maximum Gasteiger partial charge on any atom is 0.191 e. The largest absolute Gasteiger partial charge is 0.306 e. The highest BCUT2D eigenvalue weighted by molar-refractivity contribution is 7.99. The van der Waals surface area contributed by atoms with Gasteiger partial charge in [-0.05, 0) is 18.9 Å². The summed E-state index contributed by atoms with van der Waals surface area (Å²) >= 11 is 1.68. The van der Waals surface area contributed by atoms with Crippen LogP contribution in [0.4, 0.5) is 0 Å². The molecule has 0 saturated carbocycles. The van der Waals surface area contributed by atoms with Crippen molar-refractivity contribution in [1.82, 2.24) is 14.8 Å². The third kappa shape index (κ3) is 3.84. The van der Waals surface area contributed by atoms with Crippen molar-refractivity contribution in [2.75, 3.05) is 5.75 Å². The van der Waals surface area contributed by atoms with Crippen LogP contribution < -0.4 is 0 Å². The molecule has 0 saturated heterocycles. The van der Waals surface area contributed by atoms with Crippen LogP contribution in [0.3, 0.4) is 0 Å². The molecule has 0 bridgehead atoms. The van der Waals surface area contributed by atoms with Gasteiger partial charge in [0, 0.05) is 25.1 Å². The summed E-state index contributed by atoms with van der Waals surface area (Å²) in [5.41, 5.74) is 1.25. The Hall–Kier alpha value is -1.80. The highest BCUT2D eigenvalue weighted by atomic mass is 32.2. The topological polar surface area (TPSA) is 54.5 Å². The van der Waals surface area contributed by atoms with E-state index in [1.807, 2.05) is 18.2 Å². The second-order valence-electron chi connectivity index (χ2n) is 4.42. The van der Waals surface area contributed by atoms with Gasteiger partial charge in [-0.3, -0.25) is 0 Å². The fourth-order valence-corrected chi connectivity index (χ4v) is 2.93. The van der Waals surface area contributed by atoms with E-state index in [-0.39, 0.29) is 0 Å². The van der Waals surface area contributed by atoms with Gasteiger partial charge < -0.3 is 4.57 Å². The third-order valence-corrected chi connectivity index (χ3v) is 4.03. The highest BCUT2D eigenvalue weighted by Crippen LogP contribution is 2.19. The van der Waals surface area contributed by atoms with Gasteiger partial charge in [0.2, 0.25) is 0 Å². The number of unbranched alkanes of at least 4 members (excludes halogenated alkanes) is 1. The lowest BCUT2D eigenvalue weighted by atomic mass is 10.1. The summed E-state index contributed by atoms with van der Waals surface area (Å²) in [6, 6.07) is 12.5. The second kappa shape index (κ2) is 7.71. The molecule has 4 nitrogen and oxygen atoms in total. The molecule has 2 aromatic rings. The minimum absolute atomic E-state index is 0.601. The maximum atomic E-state index is 8.54. The molecule has 0 unspecified atom stereocenters. The Balaban J connectivity index is 2.03. The molecule has 1 aromatic carbocycles. The SMILES string of the molecule is CCn1c(Cc2ccccc2)nnc1SCCCC#N. The van der Waals surface area contributed by atoms with E-state index in [1.54, 1.807) is 11.8 Å². The second-order valence-corrected chi connectivity index (χ2v) is 5.48. The summed E-state index contributed by atoms with van der Waals surface area (Å²) in [6.45, 7) is 2.98. The van der Waals surface area contributed by atoms with Gasteiger partial charge in [0.05, 0.1) is 6.07 Å². The average molecular weight is 286 g/mol. The molecular formula is C15H18N4S. The van der Waals surface area contributed by atoms with Gasteiger partial charge in [-0.15, -0.1) is 10.2 Å². The van der Waals surface area contributed by atoms with Gasteiger partial charge in [0.1, 0.15) is 5.82 Å². The summed E-state index contributed by atoms with van der Waals surface area (Å²) in [4.78, 5) is 0. The minimum atomic E-state index is 0.601. The standard InChI is InChI=1S/C15H18N4S/c1-2-19-14(12-13-8-4-3-5-9-13)17-18-15(19)20-11-7-6-10-16/h3-5,8-9H,2,6-7,11-12H2,1H3. The highest BCUT2D eigenvalue weighted by Gasteiger charge is 2.11. The number of thioether (sulfide) groups is 1. The zero-order valence-electron chi connectivity index (χ0n) is 11.6. The summed E-state index contributed by atoms with van der Waals surface area (Å²) in [5, 5.41) is 18.1. The first-order chi connectivity index (χ1) is 9.85. The van der Waals surface area contributed by atoms with E-state index < -0.39 is 0 Å². The molecule has 1 heterocycles. The maximum absolute atomic E-state index is 8.54. The van der Waals surface area contributed by atoms with Gasteiger partial charge in [-0.25, -0.2) is 0 Å². The molecule has 0 fully saturated rings. The quantitative estimate of drug-likeness (QED) is 0.579.